The molecule has 1 saturated heterocycles. The zero-order chi connectivity index (χ0) is 14.9. The first kappa shape index (κ1) is 14.6. The number of benzene rings is 1. The van der Waals surface area contributed by atoms with Crippen molar-refractivity contribution in [1.29, 1.82) is 0 Å². The molecule has 3 rings (SSSR count). The molecule has 0 spiro atoms. The Balaban J connectivity index is 1.79. The van der Waals surface area contributed by atoms with Crippen LogP contribution >= 0.6 is 0 Å². The van der Waals surface area contributed by atoms with Gasteiger partial charge in [-0.1, -0.05) is 50.6 Å². The fourth-order valence-corrected chi connectivity index (χ4v) is 3.42. The van der Waals surface area contributed by atoms with Gasteiger partial charge in [0.05, 0.1) is 6.17 Å². The van der Waals surface area contributed by atoms with E-state index in [4.69, 9.17) is 0 Å². The minimum absolute atomic E-state index is 0.157. The zero-order valence-electron chi connectivity index (χ0n) is 13.1. The Morgan fingerprint density at radius 1 is 1.24 bits per heavy atom. The summed E-state index contributed by atoms with van der Waals surface area (Å²) in [5, 5.41) is 3.56. The molecule has 1 amide bonds. The van der Waals surface area contributed by atoms with Crippen LogP contribution in [0.3, 0.4) is 0 Å². The van der Waals surface area contributed by atoms with E-state index >= 15 is 0 Å². The van der Waals surface area contributed by atoms with Crippen LogP contribution in [0, 0.1) is 5.41 Å². The Bertz CT molecular complexity index is 495. The first-order valence-corrected chi connectivity index (χ1v) is 8.30. The molecule has 1 heterocycles. The Labute approximate surface area is 127 Å². The van der Waals surface area contributed by atoms with E-state index in [0.29, 0.717) is 5.41 Å². The van der Waals surface area contributed by atoms with E-state index in [1.54, 1.807) is 0 Å². The first-order valence-electron chi connectivity index (χ1n) is 8.30. The average molecular weight is 286 g/mol. The summed E-state index contributed by atoms with van der Waals surface area (Å²) in [7, 11) is 0. The molecular formula is C18H26N2O. The van der Waals surface area contributed by atoms with Crippen LogP contribution in [0.15, 0.2) is 30.3 Å². The highest BCUT2D eigenvalue weighted by atomic mass is 16.2. The number of amides is 1. The lowest BCUT2D eigenvalue weighted by atomic mass is 10.0. The van der Waals surface area contributed by atoms with E-state index < -0.39 is 0 Å². The van der Waals surface area contributed by atoms with E-state index in [2.05, 4.69) is 36.2 Å². The molecule has 2 unspecified atom stereocenters. The summed E-state index contributed by atoms with van der Waals surface area (Å²) in [5.41, 5.74) is 1.50. The maximum atomic E-state index is 12.9. The monoisotopic (exact) mass is 286 g/mol. The minimum atomic E-state index is -0.157. The Kier molecular flexibility index (Phi) is 4.03. The van der Waals surface area contributed by atoms with Crippen molar-refractivity contribution < 1.29 is 4.79 Å². The van der Waals surface area contributed by atoms with Crippen LogP contribution in [-0.2, 0) is 4.79 Å². The number of hydrogen-bond donors (Lipinski definition) is 1. The predicted molar refractivity (Wildman–Crippen MR) is 84.7 cm³/mol. The Morgan fingerprint density at radius 3 is 2.52 bits per heavy atom. The van der Waals surface area contributed by atoms with Crippen molar-refractivity contribution in [2.75, 3.05) is 6.54 Å². The van der Waals surface area contributed by atoms with Crippen LogP contribution in [0.25, 0.3) is 0 Å². The van der Waals surface area contributed by atoms with Crippen molar-refractivity contribution in [2.24, 2.45) is 5.41 Å². The van der Waals surface area contributed by atoms with E-state index in [9.17, 15) is 4.79 Å². The molecule has 0 radical (unpaired) electrons. The number of hydrogen-bond acceptors (Lipinski definition) is 2. The molecule has 21 heavy (non-hydrogen) atoms. The molecular weight excluding hydrogens is 260 g/mol. The number of carbonyl (C=O) groups excluding carboxylic acids is 1. The van der Waals surface area contributed by atoms with Crippen molar-refractivity contribution in [1.82, 2.24) is 10.2 Å². The lowest BCUT2D eigenvalue weighted by Gasteiger charge is -2.28. The average Bonchev–Trinajstić information content (AvgIpc) is 3.23. The van der Waals surface area contributed by atoms with Gasteiger partial charge in [-0.2, -0.15) is 0 Å². The second kappa shape index (κ2) is 5.80. The molecule has 1 aromatic carbocycles. The Hall–Kier alpha value is -1.35. The highest BCUT2D eigenvalue weighted by Gasteiger charge is 2.47. The third-order valence-corrected chi connectivity index (χ3v) is 5.17. The van der Waals surface area contributed by atoms with Crippen molar-refractivity contribution in [3.05, 3.63) is 35.9 Å². The van der Waals surface area contributed by atoms with Crippen LogP contribution in [0.2, 0.25) is 0 Å². The summed E-state index contributed by atoms with van der Waals surface area (Å²) in [6, 6.07) is 9.96. The molecule has 2 fully saturated rings. The molecule has 0 bridgehead atoms. The smallest absolute Gasteiger partial charge is 0.245 e. The van der Waals surface area contributed by atoms with Crippen LogP contribution in [0.4, 0.5) is 0 Å². The molecule has 114 valence electrons. The van der Waals surface area contributed by atoms with Crippen LogP contribution in [-0.4, -0.2) is 23.5 Å². The highest BCUT2D eigenvalue weighted by Crippen LogP contribution is 2.50. The molecule has 1 aliphatic heterocycles. The highest BCUT2D eigenvalue weighted by molar-refractivity contribution is 5.85. The van der Waals surface area contributed by atoms with Crippen molar-refractivity contribution in [2.45, 2.75) is 58.2 Å². The van der Waals surface area contributed by atoms with Crippen molar-refractivity contribution in [3.63, 3.8) is 0 Å². The molecule has 1 saturated carbocycles. The summed E-state index contributed by atoms with van der Waals surface area (Å²) < 4.78 is 0. The van der Waals surface area contributed by atoms with Gasteiger partial charge in [-0.3, -0.25) is 10.1 Å². The molecule has 0 aromatic heterocycles. The SMILES string of the molecule is CCCC1NC(c2ccccc2)C(=O)N1CC1(CC)CC1. The largest absolute Gasteiger partial charge is 0.325 e. The van der Waals surface area contributed by atoms with Gasteiger partial charge in [0.25, 0.3) is 0 Å². The summed E-state index contributed by atoms with van der Waals surface area (Å²) >= 11 is 0. The maximum Gasteiger partial charge on any atom is 0.245 e. The van der Waals surface area contributed by atoms with Gasteiger partial charge >= 0.3 is 0 Å². The molecule has 1 N–H and O–H groups in total. The normalized spacial score (nSPS) is 27.1. The number of nitrogens with one attached hydrogen (secondary N) is 1. The van der Waals surface area contributed by atoms with Crippen LogP contribution in [0.1, 0.15) is 57.6 Å². The zero-order valence-corrected chi connectivity index (χ0v) is 13.1. The minimum Gasteiger partial charge on any atom is -0.325 e. The van der Waals surface area contributed by atoms with Crippen LogP contribution < -0.4 is 5.32 Å². The van der Waals surface area contributed by atoms with Gasteiger partial charge in [-0.05, 0) is 36.7 Å². The maximum absolute atomic E-state index is 12.9. The second-order valence-corrected chi connectivity index (χ2v) is 6.63. The third-order valence-electron chi connectivity index (χ3n) is 5.17. The van der Waals surface area contributed by atoms with Gasteiger partial charge < -0.3 is 4.90 Å². The topological polar surface area (TPSA) is 32.3 Å². The quantitative estimate of drug-likeness (QED) is 0.868. The van der Waals surface area contributed by atoms with Gasteiger partial charge in [0.1, 0.15) is 6.04 Å². The van der Waals surface area contributed by atoms with Gasteiger partial charge in [-0.15, -0.1) is 0 Å². The predicted octanol–water partition coefficient (Wildman–Crippen LogP) is 3.48. The lowest BCUT2D eigenvalue weighted by molar-refractivity contribution is -0.131. The second-order valence-electron chi connectivity index (χ2n) is 6.63. The summed E-state index contributed by atoms with van der Waals surface area (Å²) in [4.78, 5) is 15.0. The summed E-state index contributed by atoms with van der Waals surface area (Å²) in [5.74, 6) is 0.263. The molecule has 2 atom stereocenters. The Morgan fingerprint density at radius 2 is 1.95 bits per heavy atom. The van der Waals surface area contributed by atoms with E-state index in [1.807, 2.05) is 18.2 Å². The van der Waals surface area contributed by atoms with E-state index in [-0.39, 0.29) is 18.1 Å². The first-order chi connectivity index (χ1) is 10.2. The lowest BCUT2D eigenvalue weighted by Crippen LogP contribution is -2.40. The van der Waals surface area contributed by atoms with E-state index in [1.165, 1.54) is 19.3 Å². The standard InChI is InChI=1S/C18H26N2O/c1-3-8-15-19-16(14-9-6-5-7-10-14)17(21)20(15)13-18(4-2)11-12-18/h5-7,9-10,15-16,19H,3-4,8,11-13H2,1-2H3. The number of nitrogens with zero attached hydrogens (tertiary/aromatic N) is 1. The van der Waals surface area contributed by atoms with E-state index in [0.717, 1.165) is 24.9 Å². The van der Waals surface area contributed by atoms with Gasteiger partial charge in [0.2, 0.25) is 5.91 Å². The molecule has 1 aromatic rings. The van der Waals surface area contributed by atoms with Gasteiger partial charge in [-0.25, -0.2) is 0 Å². The molecule has 2 aliphatic rings. The summed E-state index contributed by atoms with van der Waals surface area (Å²) in [6.45, 7) is 5.38. The van der Waals surface area contributed by atoms with Gasteiger partial charge in [0, 0.05) is 6.54 Å². The number of rotatable bonds is 6. The van der Waals surface area contributed by atoms with Crippen LogP contribution in [0.5, 0.6) is 0 Å². The fraction of sp³-hybridized carbons (Fsp3) is 0.611. The van der Waals surface area contributed by atoms with Crippen molar-refractivity contribution >= 4 is 5.91 Å². The fourth-order valence-electron chi connectivity index (χ4n) is 3.42. The number of carbonyl (C=O) groups is 1. The van der Waals surface area contributed by atoms with Gasteiger partial charge in [0.15, 0.2) is 0 Å². The molecule has 3 nitrogen and oxygen atoms in total. The summed E-state index contributed by atoms with van der Waals surface area (Å²) in [6.07, 6.45) is 6.09. The molecule has 3 heteroatoms. The molecule has 1 aliphatic carbocycles. The third kappa shape index (κ3) is 2.84. The van der Waals surface area contributed by atoms with Crippen molar-refractivity contribution in [3.8, 4) is 0 Å².